The van der Waals surface area contributed by atoms with Crippen LogP contribution in [0.15, 0.2) is 53.4 Å². The number of anilines is 1. The molecule has 8 nitrogen and oxygen atoms in total. The molecule has 2 aliphatic heterocycles. The average Bonchev–Trinajstić information content (AvgIpc) is 2.67. The zero-order valence-electron chi connectivity index (χ0n) is 15.0. The van der Waals surface area contributed by atoms with Gasteiger partial charge in [-0.25, -0.2) is 18.4 Å². The van der Waals surface area contributed by atoms with Crippen molar-refractivity contribution in [2.75, 3.05) is 25.0 Å². The van der Waals surface area contributed by atoms with E-state index in [1.54, 1.807) is 0 Å². The number of carbonyl (C=O) groups is 2. The molecule has 0 spiro atoms. The van der Waals surface area contributed by atoms with Gasteiger partial charge in [-0.15, -0.1) is 0 Å². The maximum atomic E-state index is 12.7. The third-order valence-electron chi connectivity index (χ3n) is 5.17. The van der Waals surface area contributed by atoms with E-state index in [2.05, 4.69) is 11.4 Å². The molecular formula is C19H20N4O4S. The van der Waals surface area contributed by atoms with Crippen molar-refractivity contribution >= 4 is 27.6 Å². The minimum Gasteiger partial charge on any atom is -0.332 e. The van der Waals surface area contributed by atoms with Gasteiger partial charge in [-0.05, 0) is 41.8 Å². The third kappa shape index (κ3) is 3.46. The molecule has 0 radical (unpaired) electrons. The summed E-state index contributed by atoms with van der Waals surface area (Å²) in [6.45, 7) is 1.08. The minimum absolute atomic E-state index is 0.0137. The summed E-state index contributed by atoms with van der Waals surface area (Å²) in [4.78, 5) is 28.6. The first-order valence-electron chi connectivity index (χ1n) is 8.89. The highest BCUT2D eigenvalue weighted by Crippen LogP contribution is 2.33. The van der Waals surface area contributed by atoms with Crippen LogP contribution in [-0.2, 0) is 21.2 Å². The van der Waals surface area contributed by atoms with Crippen LogP contribution in [0.5, 0.6) is 0 Å². The van der Waals surface area contributed by atoms with Gasteiger partial charge in [-0.3, -0.25) is 4.79 Å². The first kappa shape index (κ1) is 18.5. The van der Waals surface area contributed by atoms with Crippen LogP contribution in [0.1, 0.15) is 17.2 Å². The van der Waals surface area contributed by atoms with Crippen LogP contribution in [0.25, 0.3) is 0 Å². The highest BCUT2D eigenvalue weighted by molar-refractivity contribution is 7.89. The molecule has 2 aliphatic rings. The zero-order chi connectivity index (χ0) is 19.9. The van der Waals surface area contributed by atoms with Crippen molar-refractivity contribution in [2.24, 2.45) is 5.14 Å². The zero-order valence-corrected chi connectivity index (χ0v) is 15.9. The van der Waals surface area contributed by atoms with Gasteiger partial charge in [0.05, 0.1) is 10.9 Å². The van der Waals surface area contributed by atoms with E-state index in [1.165, 1.54) is 34.7 Å². The average molecular weight is 400 g/mol. The first-order valence-corrected chi connectivity index (χ1v) is 10.4. The lowest BCUT2D eigenvalue weighted by atomic mass is 9.91. The molecule has 0 unspecified atom stereocenters. The summed E-state index contributed by atoms with van der Waals surface area (Å²) in [6.07, 6.45) is 0.820. The molecule has 0 aromatic heterocycles. The van der Waals surface area contributed by atoms with Crippen LogP contribution in [0.4, 0.5) is 10.5 Å². The number of nitrogens with one attached hydrogen (secondary N) is 1. The smallest absolute Gasteiger partial charge is 0.322 e. The molecule has 0 saturated carbocycles. The Labute approximate surface area is 163 Å². The second-order valence-corrected chi connectivity index (χ2v) is 8.49. The number of sulfonamides is 1. The maximum absolute atomic E-state index is 12.7. The van der Waals surface area contributed by atoms with E-state index in [9.17, 15) is 18.0 Å². The van der Waals surface area contributed by atoms with Crippen LogP contribution >= 0.6 is 0 Å². The number of hydrogen-bond donors (Lipinski definition) is 2. The Morgan fingerprint density at radius 1 is 1.11 bits per heavy atom. The molecule has 28 heavy (non-hydrogen) atoms. The number of fused-ring (bicyclic) bond motifs is 3. The van der Waals surface area contributed by atoms with Gasteiger partial charge >= 0.3 is 6.03 Å². The van der Waals surface area contributed by atoms with Gasteiger partial charge in [0, 0.05) is 18.8 Å². The van der Waals surface area contributed by atoms with E-state index < -0.39 is 16.1 Å². The maximum Gasteiger partial charge on any atom is 0.322 e. The number of piperazine rings is 1. The van der Waals surface area contributed by atoms with Crippen molar-refractivity contribution < 1.29 is 18.0 Å². The fourth-order valence-electron chi connectivity index (χ4n) is 3.76. The van der Waals surface area contributed by atoms with Crippen LogP contribution in [0, 0.1) is 0 Å². The quantitative estimate of drug-likeness (QED) is 0.791. The Hall–Kier alpha value is -2.91. The van der Waals surface area contributed by atoms with Gasteiger partial charge in [0.15, 0.2) is 0 Å². The largest absolute Gasteiger partial charge is 0.332 e. The Bertz CT molecular complexity index is 1040. The number of carbonyl (C=O) groups excluding carboxylic acids is 2. The lowest BCUT2D eigenvalue weighted by Crippen LogP contribution is -2.56. The van der Waals surface area contributed by atoms with Crippen molar-refractivity contribution in [3.8, 4) is 0 Å². The number of benzene rings is 2. The molecule has 0 aliphatic carbocycles. The van der Waals surface area contributed by atoms with Gasteiger partial charge < -0.3 is 15.1 Å². The van der Waals surface area contributed by atoms with Crippen molar-refractivity contribution in [1.29, 1.82) is 0 Å². The van der Waals surface area contributed by atoms with E-state index in [0.29, 0.717) is 18.8 Å². The Balaban J connectivity index is 1.51. The molecule has 2 aromatic carbocycles. The van der Waals surface area contributed by atoms with E-state index in [1.807, 2.05) is 23.1 Å². The molecule has 3 amide bonds. The monoisotopic (exact) mass is 400 g/mol. The molecule has 2 heterocycles. The number of nitrogens with two attached hydrogens (primary N) is 1. The molecule has 1 saturated heterocycles. The summed E-state index contributed by atoms with van der Waals surface area (Å²) in [5, 5.41) is 7.79. The number of hydrogen-bond acceptors (Lipinski definition) is 4. The summed E-state index contributed by atoms with van der Waals surface area (Å²) >= 11 is 0. The number of rotatable bonds is 2. The van der Waals surface area contributed by atoms with E-state index in [4.69, 9.17) is 5.14 Å². The Kier molecular flexibility index (Phi) is 4.56. The molecular weight excluding hydrogens is 380 g/mol. The van der Waals surface area contributed by atoms with Crippen LogP contribution in [0.3, 0.4) is 0 Å². The van der Waals surface area contributed by atoms with Crippen molar-refractivity contribution in [2.45, 2.75) is 17.4 Å². The summed E-state index contributed by atoms with van der Waals surface area (Å²) in [7, 11) is -3.79. The summed E-state index contributed by atoms with van der Waals surface area (Å²) in [5.74, 6) is -0.0783. The molecule has 0 bridgehead atoms. The summed E-state index contributed by atoms with van der Waals surface area (Å²) in [6, 6.07) is 13.0. The van der Waals surface area contributed by atoms with Crippen LogP contribution in [-0.4, -0.2) is 49.8 Å². The molecule has 146 valence electrons. The topological polar surface area (TPSA) is 113 Å². The van der Waals surface area contributed by atoms with Crippen molar-refractivity contribution in [3.05, 3.63) is 59.7 Å². The van der Waals surface area contributed by atoms with Gasteiger partial charge in [0.25, 0.3) is 0 Å². The molecule has 3 N–H and O–H groups in total. The number of nitrogens with zero attached hydrogens (tertiary/aromatic N) is 2. The lowest BCUT2D eigenvalue weighted by Gasteiger charge is -2.44. The number of amides is 3. The Morgan fingerprint density at radius 2 is 1.82 bits per heavy atom. The lowest BCUT2D eigenvalue weighted by molar-refractivity contribution is -0.139. The van der Waals surface area contributed by atoms with Crippen LogP contribution in [0.2, 0.25) is 0 Å². The minimum atomic E-state index is -3.79. The SMILES string of the molecule is NS(=O)(=O)c1ccc(NC(=O)N2CC(=O)N3CCc4ccccc4[C@@H]3C2)cc1. The van der Waals surface area contributed by atoms with Gasteiger partial charge in [-0.1, -0.05) is 24.3 Å². The summed E-state index contributed by atoms with van der Waals surface area (Å²) in [5.41, 5.74) is 2.71. The van der Waals surface area contributed by atoms with E-state index >= 15 is 0 Å². The fourth-order valence-corrected chi connectivity index (χ4v) is 4.28. The number of primary sulfonamides is 1. The van der Waals surface area contributed by atoms with Crippen molar-refractivity contribution in [3.63, 3.8) is 0 Å². The standard InChI is InChI=1S/C19H20N4O4S/c20-28(26,27)15-7-5-14(6-8-15)21-19(25)22-11-17-16-4-2-1-3-13(16)9-10-23(17)18(24)12-22/h1-8,17H,9-12H2,(H,21,25)(H2,20,26,27)/t17-/m0/s1. The predicted octanol–water partition coefficient (Wildman–Crippen LogP) is 1.31. The predicted molar refractivity (Wildman–Crippen MR) is 103 cm³/mol. The number of urea groups is 1. The normalized spacial score (nSPS) is 19.0. The Morgan fingerprint density at radius 3 is 2.54 bits per heavy atom. The van der Waals surface area contributed by atoms with Gasteiger partial charge in [0.2, 0.25) is 15.9 Å². The second kappa shape index (κ2) is 6.92. The third-order valence-corrected chi connectivity index (χ3v) is 6.10. The molecule has 1 atom stereocenters. The summed E-state index contributed by atoms with van der Waals surface area (Å²) < 4.78 is 22.6. The van der Waals surface area contributed by atoms with E-state index in [-0.39, 0.29) is 23.4 Å². The molecule has 4 rings (SSSR count). The highest BCUT2D eigenvalue weighted by atomic mass is 32.2. The van der Waals surface area contributed by atoms with E-state index in [0.717, 1.165) is 12.0 Å². The molecule has 1 fully saturated rings. The van der Waals surface area contributed by atoms with Gasteiger partial charge in [-0.2, -0.15) is 0 Å². The molecule has 2 aromatic rings. The molecule has 9 heteroatoms. The fraction of sp³-hybridized carbons (Fsp3) is 0.263. The first-order chi connectivity index (χ1) is 13.3. The van der Waals surface area contributed by atoms with Crippen molar-refractivity contribution in [1.82, 2.24) is 9.80 Å². The second-order valence-electron chi connectivity index (χ2n) is 6.93. The van der Waals surface area contributed by atoms with Crippen LogP contribution < -0.4 is 10.5 Å². The van der Waals surface area contributed by atoms with Gasteiger partial charge in [0.1, 0.15) is 6.54 Å². The highest BCUT2D eigenvalue weighted by Gasteiger charge is 2.38.